The maximum absolute atomic E-state index is 12.3. The highest BCUT2D eigenvalue weighted by molar-refractivity contribution is 7.91. The van der Waals surface area contributed by atoms with Crippen molar-refractivity contribution >= 4 is 21.4 Å². The molecule has 0 bridgehead atoms. The first-order valence-corrected chi connectivity index (χ1v) is 7.95. The molecule has 0 saturated heterocycles. The van der Waals surface area contributed by atoms with E-state index in [0.29, 0.717) is 16.3 Å². The maximum Gasteiger partial charge on any atom is 0.252 e. The molecular formula is C11H19NO3S2. The van der Waals surface area contributed by atoms with E-state index >= 15 is 0 Å². The quantitative estimate of drug-likeness (QED) is 0.866. The zero-order valence-electron chi connectivity index (χ0n) is 10.4. The topological polar surface area (TPSA) is 57.6 Å². The fourth-order valence-corrected chi connectivity index (χ4v) is 4.62. The van der Waals surface area contributed by atoms with Gasteiger partial charge in [0.15, 0.2) is 0 Å². The molecule has 0 radical (unpaired) electrons. The highest BCUT2D eigenvalue weighted by Gasteiger charge is 2.27. The van der Waals surface area contributed by atoms with E-state index in [9.17, 15) is 8.42 Å². The van der Waals surface area contributed by atoms with Gasteiger partial charge in [0.1, 0.15) is 4.21 Å². The Labute approximate surface area is 107 Å². The van der Waals surface area contributed by atoms with Crippen LogP contribution >= 0.6 is 11.3 Å². The van der Waals surface area contributed by atoms with Crippen molar-refractivity contribution in [1.82, 2.24) is 4.31 Å². The van der Waals surface area contributed by atoms with Crippen LogP contribution in [0.1, 0.15) is 32.8 Å². The van der Waals surface area contributed by atoms with Gasteiger partial charge in [-0.3, -0.25) is 0 Å². The number of aliphatic hydroxyl groups is 1. The lowest BCUT2D eigenvalue weighted by Crippen LogP contribution is -2.37. The Morgan fingerprint density at radius 3 is 2.53 bits per heavy atom. The Morgan fingerprint density at radius 1 is 1.47 bits per heavy atom. The van der Waals surface area contributed by atoms with E-state index in [0.717, 1.165) is 17.8 Å². The van der Waals surface area contributed by atoms with E-state index in [2.05, 4.69) is 0 Å². The van der Waals surface area contributed by atoms with Crippen LogP contribution in [0.2, 0.25) is 0 Å². The second kappa shape index (κ2) is 5.95. The molecule has 98 valence electrons. The molecule has 0 aliphatic heterocycles. The molecule has 0 fully saturated rings. The summed E-state index contributed by atoms with van der Waals surface area (Å²) in [5.74, 6) is 0. The third-order valence-corrected chi connectivity index (χ3v) is 5.93. The van der Waals surface area contributed by atoms with Gasteiger partial charge in [0, 0.05) is 12.6 Å². The van der Waals surface area contributed by atoms with Crippen LogP contribution in [0.3, 0.4) is 0 Å². The van der Waals surface area contributed by atoms with Crippen molar-refractivity contribution in [3.05, 3.63) is 17.0 Å². The summed E-state index contributed by atoms with van der Waals surface area (Å²) in [5, 5.41) is 10.6. The number of nitrogens with zero attached hydrogens (tertiary/aromatic N) is 1. The number of thiophene rings is 1. The lowest BCUT2D eigenvalue weighted by atomic mass is 10.4. The first-order chi connectivity index (χ1) is 7.93. The molecule has 1 rings (SSSR count). The summed E-state index contributed by atoms with van der Waals surface area (Å²) in [7, 11) is -3.41. The Hall–Kier alpha value is -0.430. The zero-order valence-corrected chi connectivity index (χ0v) is 12.0. The SMILES string of the molecule is CCCN(C(C)C)S(=O)(=O)c1cc(CO)cs1. The molecule has 0 aromatic carbocycles. The van der Waals surface area contributed by atoms with Gasteiger partial charge in [0.25, 0.3) is 10.0 Å². The molecule has 1 heterocycles. The molecule has 0 aliphatic rings. The molecule has 4 nitrogen and oxygen atoms in total. The van der Waals surface area contributed by atoms with Crippen LogP contribution in [0.5, 0.6) is 0 Å². The number of rotatable bonds is 6. The first kappa shape index (κ1) is 14.6. The van der Waals surface area contributed by atoms with Gasteiger partial charge in [-0.1, -0.05) is 6.92 Å². The van der Waals surface area contributed by atoms with E-state index in [4.69, 9.17) is 5.11 Å². The smallest absolute Gasteiger partial charge is 0.252 e. The molecule has 1 aromatic rings. The molecule has 17 heavy (non-hydrogen) atoms. The Bertz CT molecular complexity index is 451. The lowest BCUT2D eigenvalue weighted by molar-refractivity contribution is 0.282. The minimum atomic E-state index is -3.41. The molecular weight excluding hydrogens is 258 g/mol. The van der Waals surface area contributed by atoms with E-state index in [1.165, 1.54) is 4.31 Å². The van der Waals surface area contributed by atoms with Crippen LogP contribution in [-0.2, 0) is 16.6 Å². The van der Waals surface area contributed by atoms with Gasteiger partial charge >= 0.3 is 0 Å². The van der Waals surface area contributed by atoms with Gasteiger partial charge < -0.3 is 5.11 Å². The van der Waals surface area contributed by atoms with Crippen molar-refractivity contribution in [2.24, 2.45) is 0 Å². The Balaban J connectivity index is 3.07. The molecule has 0 aliphatic carbocycles. The van der Waals surface area contributed by atoms with Crippen LogP contribution in [0, 0.1) is 0 Å². The summed E-state index contributed by atoms with van der Waals surface area (Å²) >= 11 is 1.16. The van der Waals surface area contributed by atoms with Crippen molar-refractivity contribution in [2.45, 2.75) is 44.0 Å². The lowest BCUT2D eigenvalue weighted by Gasteiger charge is -2.24. The summed E-state index contributed by atoms with van der Waals surface area (Å²) in [6, 6.07) is 1.49. The Kier molecular flexibility index (Phi) is 5.12. The zero-order chi connectivity index (χ0) is 13.1. The third kappa shape index (κ3) is 3.28. The molecule has 0 saturated carbocycles. The van der Waals surface area contributed by atoms with E-state index in [-0.39, 0.29) is 12.6 Å². The fourth-order valence-electron chi connectivity index (χ4n) is 1.56. The summed E-state index contributed by atoms with van der Waals surface area (Å²) in [5.41, 5.74) is 0.647. The minimum Gasteiger partial charge on any atom is -0.392 e. The van der Waals surface area contributed by atoms with E-state index < -0.39 is 10.0 Å². The minimum absolute atomic E-state index is 0.0559. The average molecular weight is 277 g/mol. The van der Waals surface area contributed by atoms with Gasteiger partial charge in [-0.15, -0.1) is 11.3 Å². The van der Waals surface area contributed by atoms with Crippen LogP contribution < -0.4 is 0 Å². The maximum atomic E-state index is 12.3. The van der Waals surface area contributed by atoms with Crippen molar-refractivity contribution in [2.75, 3.05) is 6.54 Å². The van der Waals surface area contributed by atoms with Crippen molar-refractivity contribution in [3.8, 4) is 0 Å². The molecule has 0 spiro atoms. The average Bonchev–Trinajstić information content (AvgIpc) is 2.74. The molecule has 0 atom stereocenters. The molecule has 0 unspecified atom stereocenters. The number of aliphatic hydroxyl groups excluding tert-OH is 1. The summed E-state index contributed by atoms with van der Waals surface area (Å²) in [6.07, 6.45) is 0.787. The predicted molar refractivity (Wildman–Crippen MR) is 69.6 cm³/mol. The predicted octanol–water partition coefficient (Wildman–Crippen LogP) is 2.05. The fraction of sp³-hybridized carbons (Fsp3) is 0.636. The highest BCUT2D eigenvalue weighted by atomic mass is 32.2. The Morgan fingerprint density at radius 2 is 2.12 bits per heavy atom. The van der Waals surface area contributed by atoms with Gasteiger partial charge in [-0.05, 0) is 37.3 Å². The molecule has 1 aromatic heterocycles. The monoisotopic (exact) mass is 277 g/mol. The summed E-state index contributed by atoms with van der Waals surface area (Å²) in [4.78, 5) is 0. The highest BCUT2D eigenvalue weighted by Crippen LogP contribution is 2.25. The molecule has 0 amide bonds. The second-order valence-electron chi connectivity index (χ2n) is 4.14. The van der Waals surface area contributed by atoms with Crippen molar-refractivity contribution in [3.63, 3.8) is 0 Å². The van der Waals surface area contributed by atoms with Crippen LogP contribution in [0.25, 0.3) is 0 Å². The van der Waals surface area contributed by atoms with Crippen LogP contribution in [0.15, 0.2) is 15.7 Å². The van der Waals surface area contributed by atoms with Gasteiger partial charge in [-0.2, -0.15) is 4.31 Å². The van der Waals surface area contributed by atoms with E-state index in [1.807, 2.05) is 20.8 Å². The second-order valence-corrected chi connectivity index (χ2v) is 7.17. The van der Waals surface area contributed by atoms with E-state index in [1.54, 1.807) is 11.4 Å². The van der Waals surface area contributed by atoms with Gasteiger partial charge in [-0.25, -0.2) is 8.42 Å². The first-order valence-electron chi connectivity index (χ1n) is 5.63. The van der Waals surface area contributed by atoms with Crippen LogP contribution in [0.4, 0.5) is 0 Å². The number of hydrogen-bond donors (Lipinski definition) is 1. The van der Waals surface area contributed by atoms with Gasteiger partial charge in [0.2, 0.25) is 0 Å². The molecule has 6 heteroatoms. The number of sulfonamides is 1. The standard InChI is InChI=1S/C11H19NO3S2/c1-4-5-12(9(2)3)17(14,15)11-6-10(7-13)8-16-11/h6,8-9,13H,4-5,7H2,1-3H3. The third-order valence-electron chi connectivity index (χ3n) is 2.40. The largest absolute Gasteiger partial charge is 0.392 e. The number of hydrogen-bond acceptors (Lipinski definition) is 4. The van der Waals surface area contributed by atoms with Crippen molar-refractivity contribution < 1.29 is 13.5 Å². The molecule has 1 N–H and O–H groups in total. The van der Waals surface area contributed by atoms with Crippen LogP contribution in [-0.4, -0.2) is 30.4 Å². The van der Waals surface area contributed by atoms with Gasteiger partial charge in [0.05, 0.1) is 6.61 Å². The summed E-state index contributed by atoms with van der Waals surface area (Å²) < 4.78 is 26.5. The summed E-state index contributed by atoms with van der Waals surface area (Å²) in [6.45, 7) is 6.09. The normalized spacial score (nSPS) is 12.6. The van der Waals surface area contributed by atoms with Crippen molar-refractivity contribution in [1.29, 1.82) is 0 Å².